The van der Waals surface area contributed by atoms with Crippen LogP contribution in [0.3, 0.4) is 0 Å². The van der Waals surface area contributed by atoms with Crippen LogP contribution in [0, 0.1) is 18.3 Å². The highest BCUT2D eigenvalue weighted by Gasteiger charge is 2.30. The number of carbonyl (C=O) groups is 1. The van der Waals surface area contributed by atoms with Crippen molar-refractivity contribution in [2.75, 3.05) is 6.61 Å². The van der Waals surface area contributed by atoms with Gasteiger partial charge in [-0.25, -0.2) is 4.79 Å². The maximum absolute atomic E-state index is 13.1. The van der Waals surface area contributed by atoms with E-state index in [0.29, 0.717) is 33.2 Å². The zero-order valence-corrected chi connectivity index (χ0v) is 21.3. The summed E-state index contributed by atoms with van der Waals surface area (Å²) in [6.07, 6.45) is 1.71. The lowest BCUT2D eigenvalue weighted by Gasteiger charge is -2.22. The maximum Gasteiger partial charge on any atom is 0.341 e. The highest BCUT2D eigenvalue weighted by molar-refractivity contribution is 9.10. The number of aromatic nitrogens is 2. The number of nitrogens with zero attached hydrogens (tertiary/aromatic N) is 3. The van der Waals surface area contributed by atoms with Crippen molar-refractivity contribution in [2.45, 2.75) is 65.2 Å². The van der Waals surface area contributed by atoms with Gasteiger partial charge >= 0.3 is 5.97 Å². The fourth-order valence-electron chi connectivity index (χ4n) is 3.13. The van der Waals surface area contributed by atoms with Crippen molar-refractivity contribution in [3.05, 3.63) is 32.3 Å². The SMILES string of the molecule is Cc1c(C(=O)OC(C)(C)CC#N)c2c(Br)cn(C)c(=O)c2n1COCC[Si](C)(C)C. The van der Waals surface area contributed by atoms with Crippen molar-refractivity contribution in [3.8, 4) is 6.07 Å². The molecule has 0 bridgehead atoms. The summed E-state index contributed by atoms with van der Waals surface area (Å²) < 4.78 is 15.3. The van der Waals surface area contributed by atoms with Gasteiger partial charge in [0.15, 0.2) is 0 Å². The molecule has 0 saturated heterocycles. The molecule has 2 aromatic rings. The van der Waals surface area contributed by atoms with Gasteiger partial charge in [0.25, 0.3) is 5.56 Å². The minimum absolute atomic E-state index is 0.0686. The largest absolute Gasteiger partial charge is 0.455 e. The molecule has 0 radical (unpaired) electrons. The Labute approximate surface area is 186 Å². The third kappa shape index (κ3) is 5.42. The Kier molecular flexibility index (Phi) is 7.38. The summed E-state index contributed by atoms with van der Waals surface area (Å²) in [7, 11) is 0.419. The van der Waals surface area contributed by atoms with Gasteiger partial charge in [-0.05, 0) is 42.7 Å². The van der Waals surface area contributed by atoms with Crippen LogP contribution in [-0.2, 0) is 23.3 Å². The Balaban J connectivity index is 2.55. The second-order valence-electron chi connectivity index (χ2n) is 9.34. The second kappa shape index (κ2) is 9.08. The van der Waals surface area contributed by atoms with Crippen LogP contribution >= 0.6 is 15.9 Å². The van der Waals surface area contributed by atoms with Crippen LogP contribution in [0.2, 0.25) is 25.7 Å². The average Bonchev–Trinajstić information content (AvgIpc) is 2.88. The Morgan fingerprint density at radius 3 is 2.53 bits per heavy atom. The molecule has 0 aliphatic heterocycles. The van der Waals surface area contributed by atoms with E-state index >= 15 is 0 Å². The van der Waals surface area contributed by atoms with E-state index in [-0.39, 0.29) is 18.7 Å². The summed E-state index contributed by atoms with van der Waals surface area (Å²) >= 11 is 3.50. The molecule has 0 atom stereocenters. The first-order valence-electron chi connectivity index (χ1n) is 9.85. The van der Waals surface area contributed by atoms with Crippen LogP contribution in [0.4, 0.5) is 0 Å². The number of nitriles is 1. The molecule has 2 aromatic heterocycles. The number of fused-ring (bicyclic) bond motifs is 1. The van der Waals surface area contributed by atoms with Crippen LogP contribution in [0.15, 0.2) is 15.5 Å². The summed E-state index contributed by atoms with van der Waals surface area (Å²) in [4.78, 5) is 26.0. The molecule has 9 heteroatoms. The van der Waals surface area contributed by atoms with Gasteiger partial charge in [0, 0.05) is 43.5 Å². The number of esters is 1. The molecule has 7 nitrogen and oxygen atoms in total. The summed E-state index contributed by atoms with van der Waals surface area (Å²) in [6, 6.07) is 3.04. The number of pyridine rings is 1. The van der Waals surface area contributed by atoms with Gasteiger partial charge in [-0.15, -0.1) is 0 Å². The first-order chi connectivity index (χ1) is 13.8. The van der Waals surface area contributed by atoms with Crippen LogP contribution in [0.5, 0.6) is 0 Å². The van der Waals surface area contributed by atoms with E-state index in [4.69, 9.17) is 14.7 Å². The number of halogens is 1. The molecule has 0 aliphatic rings. The lowest BCUT2D eigenvalue weighted by atomic mass is 10.1. The van der Waals surface area contributed by atoms with Gasteiger partial charge in [0.2, 0.25) is 0 Å². The maximum atomic E-state index is 13.1. The summed E-state index contributed by atoms with van der Waals surface area (Å²) in [5, 5.41) is 9.50. The van der Waals surface area contributed by atoms with Crippen LogP contribution in [0.1, 0.15) is 36.3 Å². The summed E-state index contributed by atoms with van der Waals surface area (Å²) in [5.41, 5.74) is 0.143. The fourth-order valence-corrected chi connectivity index (χ4v) is 4.58. The second-order valence-corrected chi connectivity index (χ2v) is 15.8. The molecule has 164 valence electrons. The van der Waals surface area contributed by atoms with Crippen molar-refractivity contribution < 1.29 is 14.3 Å². The summed E-state index contributed by atoms with van der Waals surface area (Å²) in [5.74, 6) is -0.562. The third-order valence-corrected chi connectivity index (χ3v) is 7.19. The zero-order valence-electron chi connectivity index (χ0n) is 18.8. The quantitative estimate of drug-likeness (QED) is 0.304. The van der Waals surface area contributed by atoms with Gasteiger partial charge < -0.3 is 18.6 Å². The van der Waals surface area contributed by atoms with E-state index in [9.17, 15) is 9.59 Å². The monoisotopic (exact) mass is 495 g/mol. The molecule has 0 spiro atoms. The molecule has 0 N–H and O–H groups in total. The molecule has 0 fully saturated rings. The molecule has 0 amide bonds. The highest BCUT2D eigenvalue weighted by Crippen LogP contribution is 2.32. The van der Waals surface area contributed by atoms with Gasteiger partial charge in [-0.3, -0.25) is 4.79 Å². The highest BCUT2D eigenvalue weighted by atomic mass is 79.9. The number of aryl methyl sites for hydroxylation is 1. The molecule has 2 heterocycles. The van der Waals surface area contributed by atoms with E-state index in [1.54, 1.807) is 38.6 Å². The van der Waals surface area contributed by atoms with E-state index < -0.39 is 19.6 Å². The first-order valence-corrected chi connectivity index (χ1v) is 14.3. The lowest BCUT2D eigenvalue weighted by molar-refractivity contribution is 0.00119. The smallest absolute Gasteiger partial charge is 0.341 e. The lowest BCUT2D eigenvalue weighted by Crippen LogP contribution is -2.28. The molecule has 30 heavy (non-hydrogen) atoms. The fraction of sp³-hybridized carbons (Fsp3) is 0.571. The normalized spacial score (nSPS) is 12.2. The van der Waals surface area contributed by atoms with Crippen LogP contribution in [0.25, 0.3) is 10.9 Å². The van der Waals surface area contributed by atoms with Crippen molar-refractivity contribution in [2.24, 2.45) is 7.05 Å². The molecule has 0 unspecified atom stereocenters. The number of hydrogen-bond donors (Lipinski definition) is 0. The van der Waals surface area contributed by atoms with Crippen LogP contribution in [-0.4, -0.2) is 35.4 Å². The van der Waals surface area contributed by atoms with Gasteiger partial charge in [-0.2, -0.15) is 5.26 Å². The molecular formula is C21H30BrN3O4Si. The minimum Gasteiger partial charge on any atom is -0.455 e. The van der Waals surface area contributed by atoms with E-state index in [2.05, 4.69) is 35.6 Å². The molecule has 0 aromatic carbocycles. The Hall–Kier alpha value is -1.89. The van der Waals surface area contributed by atoms with Crippen molar-refractivity contribution >= 4 is 40.9 Å². The number of carbonyl (C=O) groups excluding carboxylic acids is 1. The molecule has 2 rings (SSSR count). The van der Waals surface area contributed by atoms with Crippen molar-refractivity contribution in [1.29, 1.82) is 5.26 Å². The first kappa shape index (κ1) is 24.4. The predicted molar refractivity (Wildman–Crippen MR) is 123 cm³/mol. The molecule has 0 saturated carbocycles. The van der Waals surface area contributed by atoms with Crippen molar-refractivity contribution in [1.82, 2.24) is 9.13 Å². The van der Waals surface area contributed by atoms with E-state index in [0.717, 1.165) is 6.04 Å². The third-order valence-electron chi connectivity index (χ3n) is 4.89. The van der Waals surface area contributed by atoms with Gasteiger partial charge in [0.05, 0.1) is 18.1 Å². The molecular weight excluding hydrogens is 466 g/mol. The minimum atomic E-state index is -1.25. The van der Waals surface area contributed by atoms with E-state index in [1.807, 2.05) is 6.07 Å². The Morgan fingerprint density at radius 2 is 1.97 bits per heavy atom. The summed E-state index contributed by atoms with van der Waals surface area (Å²) in [6.45, 7) is 12.8. The van der Waals surface area contributed by atoms with Crippen LogP contribution < -0.4 is 5.56 Å². The van der Waals surface area contributed by atoms with Gasteiger partial charge in [0.1, 0.15) is 17.8 Å². The number of ether oxygens (including phenoxy) is 2. The van der Waals surface area contributed by atoms with E-state index in [1.165, 1.54) is 4.57 Å². The van der Waals surface area contributed by atoms with Gasteiger partial charge in [-0.1, -0.05) is 19.6 Å². The number of hydrogen-bond acceptors (Lipinski definition) is 5. The topological polar surface area (TPSA) is 86.3 Å². The Morgan fingerprint density at radius 1 is 1.33 bits per heavy atom. The standard InChI is InChI=1S/C21H30BrN3O4Si/c1-14-16(20(27)29-21(2,3)8-9-23)17-15(22)12-24(4)19(26)18(17)25(14)13-28-10-11-30(5,6)7/h12H,8,10-11,13H2,1-7H3. The average molecular weight is 496 g/mol. The number of rotatable bonds is 8. The zero-order chi connectivity index (χ0) is 22.9. The Bertz CT molecular complexity index is 1060. The van der Waals surface area contributed by atoms with Crippen molar-refractivity contribution in [3.63, 3.8) is 0 Å². The molecule has 0 aliphatic carbocycles. The predicted octanol–water partition coefficient (Wildman–Crippen LogP) is 4.57.